The van der Waals surface area contributed by atoms with E-state index in [1.165, 1.54) is 4.31 Å². The Kier molecular flexibility index (Phi) is 7.95. The zero-order valence-electron chi connectivity index (χ0n) is 18.9. The highest BCUT2D eigenvalue weighted by Crippen LogP contribution is 2.23. The first kappa shape index (κ1) is 24.1. The lowest BCUT2D eigenvalue weighted by Gasteiger charge is -2.23. The number of nitrogens with zero attached hydrogens (tertiary/aromatic N) is 1. The number of hydrogen-bond acceptors (Lipinski definition) is 5. The van der Waals surface area contributed by atoms with Gasteiger partial charge in [0, 0.05) is 5.56 Å². The number of carbonyl (C=O) groups excluding carboxylic acids is 1. The van der Waals surface area contributed by atoms with Crippen LogP contribution in [-0.4, -0.2) is 40.8 Å². The van der Waals surface area contributed by atoms with Crippen molar-refractivity contribution < 1.29 is 22.7 Å². The monoisotopic (exact) mass is 468 g/mol. The number of amides is 1. The fraction of sp³-hybridized carbons (Fsp3) is 0.240. The van der Waals surface area contributed by atoms with E-state index in [2.05, 4.69) is 5.32 Å². The number of anilines is 1. The Bertz CT molecular complexity index is 1180. The van der Waals surface area contributed by atoms with Crippen LogP contribution in [0.3, 0.4) is 0 Å². The molecule has 0 saturated heterocycles. The second-order valence-corrected chi connectivity index (χ2v) is 9.44. The maximum Gasteiger partial charge on any atom is 0.251 e. The van der Waals surface area contributed by atoms with Crippen LogP contribution in [0, 0.1) is 6.92 Å². The lowest BCUT2D eigenvalue weighted by atomic mass is 10.1. The van der Waals surface area contributed by atoms with Crippen LogP contribution in [0.4, 0.5) is 5.69 Å². The molecule has 3 aromatic carbocycles. The summed E-state index contributed by atoms with van der Waals surface area (Å²) in [6, 6.07) is 21.4. The van der Waals surface area contributed by atoms with Crippen molar-refractivity contribution in [2.75, 3.05) is 30.8 Å². The van der Waals surface area contributed by atoms with Gasteiger partial charge in [-0.3, -0.25) is 9.10 Å². The number of benzene rings is 3. The van der Waals surface area contributed by atoms with Crippen LogP contribution in [0.5, 0.6) is 11.5 Å². The maximum absolute atomic E-state index is 12.4. The Balaban J connectivity index is 1.58. The highest BCUT2D eigenvalue weighted by molar-refractivity contribution is 7.92. The van der Waals surface area contributed by atoms with Gasteiger partial charge >= 0.3 is 0 Å². The number of aryl methyl sites for hydroxylation is 1. The quantitative estimate of drug-likeness (QED) is 0.458. The van der Waals surface area contributed by atoms with Crippen LogP contribution in [0.25, 0.3) is 0 Å². The van der Waals surface area contributed by atoms with Crippen molar-refractivity contribution in [1.82, 2.24) is 5.32 Å². The van der Waals surface area contributed by atoms with Gasteiger partial charge in [0.25, 0.3) is 5.91 Å². The molecule has 0 aromatic heterocycles. The number of methoxy groups -OCH3 is 1. The van der Waals surface area contributed by atoms with E-state index in [1.54, 1.807) is 55.6 Å². The van der Waals surface area contributed by atoms with Crippen LogP contribution < -0.4 is 19.1 Å². The Hall–Kier alpha value is -3.52. The van der Waals surface area contributed by atoms with Crippen LogP contribution >= 0.6 is 0 Å². The molecule has 0 atom stereocenters. The smallest absolute Gasteiger partial charge is 0.251 e. The second kappa shape index (κ2) is 10.9. The average molecular weight is 469 g/mol. The third kappa shape index (κ3) is 6.73. The van der Waals surface area contributed by atoms with Crippen molar-refractivity contribution in [1.29, 1.82) is 0 Å². The molecule has 0 fully saturated rings. The number of nitrogens with one attached hydrogen (secondary N) is 1. The number of para-hydroxylation sites is 1. The first-order valence-corrected chi connectivity index (χ1v) is 12.3. The molecule has 0 aliphatic carbocycles. The van der Waals surface area contributed by atoms with Crippen molar-refractivity contribution >= 4 is 21.6 Å². The van der Waals surface area contributed by atoms with Crippen LogP contribution in [-0.2, 0) is 16.6 Å². The van der Waals surface area contributed by atoms with E-state index in [1.807, 2.05) is 31.2 Å². The first-order chi connectivity index (χ1) is 15.8. The maximum atomic E-state index is 12.4. The van der Waals surface area contributed by atoms with E-state index in [-0.39, 0.29) is 12.5 Å². The summed E-state index contributed by atoms with van der Waals surface area (Å²) in [6.45, 7) is 2.85. The highest BCUT2D eigenvalue weighted by atomic mass is 32.2. The fourth-order valence-corrected chi connectivity index (χ4v) is 4.11. The number of hydrogen-bond donors (Lipinski definition) is 1. The third-order valence-electron chi connectivity index (χ3n) is 5.04. The molecule has 0 heterocycles. The van der Waals surface area contributed by atoms with Crippen LogP contribution in [0.15, 0.2) is 72.8 Å². The molecule has 3 rings (SSSR count). The van der Waals surface area contributed by atoms with Gasteiger partial charge in [-0.15, -0.1) is 0 Å². The second-order valence-electron chi connectivity index (χ2n) is 7.53. The van der Waals surface area contributed by atoms with Gasteiger partial charge in [0.05, 0.1) is 32.1 Å². The molecule has 0 aliphatic heterocycles. The molecular weight excluding hydrogens is 440 g/mol. The summed E-state index contributed by atoms with van der Waals surface area (Å²) in [4.78, 5) is 12.4. The summed E-state index contributed by atoms with van der Waals surface area (Å²) in [5.41, 5.74) is 2.83. The van der Waals surface area contributed by atoms with Crippen molar-refractivity contribution in [2.45, 2.75) is 13.5 Å². The normalized spacial score (nSPS) is 11.0. The average Bonchev–Trinajstić information content (AvgIpc) is 2.81. The largest absolute Gasteiger partial charge is 0.497 e. The van der Waals surface area contributed by atoms with Crippen molar-refractivity contribution in [3.8, 4) is 11.5 Å². The van der Waals surface area contributed by atoms with E-state index < -0.39 is 10.0 Å². The highest BCUT2D eigenvalue weighted by Gasteiger charge is 2.18. The zero-order chi connectivity index (χ0) is 23.8. The Morgan fingerprint density at radius 1 is 0.970 bits per heavy atom. The lowest BCUT2D eigenvalue weighted by molar-refractivity contribution is 0.0947. The molecular formula is C25H28N2O5S. The molecule has 7 nitrogen and oxygen atoms in total. The van der Waals surface area contributed by atoms with Crippen molar-refractivity contribution in [3.63, 3.8) is 0 Å². The molecule has 33 heavy (non-hydrogen) atoms. The fourth-order valence-electron chi connectivity index (χ4n) is 3.22. The van der Waals surface area contributed by atoms with E-state index in [9.17, 15) is 13.2 Å². The Morgan fingerprint density at radius 3 is 2.24 bits per heavy atom. The molecule has 0 radical (unpaired) electrons. The number of carbonyl (C=O) groups is 1. The first-order valence-electron chi connectivity index (χ1n) is 10.5. The van der Waals surface area contributed by atoms with E-state index in [0.717, 1.165) is 23.1 Å². The van der Waals surface area contributed by atoms with Gasteiger partial charge in [-0.25, -0.2) is 8.42 Å². The van der Waals surface area contributed by atoms with Gasteiger partial charge in [-0.05, 0) is 60.5 Å². The van der Waals surface area contributed by atoms with Gasteiger partial charge in [0.2, 0.25) is 10.0 Å². The van der Waals surface area contributed by atoms with E-state index in [0.29, 0.717) is 30.2 Å². The Morgan fingerprint density at radius 2 is 1.64 bits per heavy atom. The van der Waals surface area contributed by atoms with Gasteiger partial charge < -0.3 is 14.8 Å². The zero-order valence-corrected chi connectivity index (χ0v) is 19.8. The summed E-state index contributed by atoms with van der Waals surface area (Å²) in [5, 5.41) is 2.83. The summed E-state index contributed by atoms with van der Waals surface area (Å²) >= 11 is 0. The molecule has 174 valence electrons. The SMILES string of the molecule is COc1ccc(N(Cc2ccc(C(=O)NCCOc3ccccc3C)cc2)S(C)(=O)=O)cc1. The van der Waals surface area contributed by atoms with E-state index in [4.69, 9.17) is 9.47 Å². The minimum atomic E-state index is -3.50. The molecule has 1 N–H and O–H groups in total. The molecule has 0 saturated carbocycles. The molecule has 0 spiro atoms. The van der Waals surface area contributed by atoms with Gasteiger partial charge in [0.15, 0.2) is 0 Å². The van der Waals surface area contributed by atoms with Crippen LogP contribution in [0.1, 0.15) is 21.5 Å². The number of rotatable bonds is 10. The van der Waals surface area contributed by atoms with Crippen molar-refractivity contribution in [3.05, 3.63) is 89.5 Å². The topological polar surface area (TPSA) is 84.9 Å². The van der Waals surface area contributed by atoms with Gasteiger partial charge in [-0.2, -0.15) is 0 Å². The summed E-state index contributed by atoms with van der Waals surface area (Å²) < 4.78 is 36.8. The number of ether oxygens (including phenoxy) is 2. The molecule has 3 aromatic rings. The molecule has 0 aliphatic rings. The summed E-state index contributed by atoms with van der Waals surface area (Å²) in [7, 11) is -1.95. The molecule has 1 amide bonds. The van der Waals surface area contributed by atoms with Gasteiger partial charge in [-0.1, -0.05) is 30.3 Å². The number of sulfonamides is 1. The lowest BCUT2D eigenvalue weighted by Crippen LogP contribution is -2.29. The summed E-state index contributed by atoms with van der Waals surface area (Å²) in [5.74, 6) is 1.22. The minimum absolute atomic E-state index is 0.150. The minimum Gasteiger partial charge on any atom is -0.497 e. The Labute approximate surface area is 195 Å². The molecule has 0 unspecified atom stereocenters. The molecule has 0 bridgehead atoms. The predicted octanol–water partition coefficient (Wildman–Crippen LogP) is 3.78. The predicted molar refractivity (Wildman–Crippen MR) is 129 cm³/mol. The standard InChI is InChI=1S/C25H28N2O5S/c1-19-6-4-5-7-24(19)32-17-16-26-25(28)21-10-8-20(9-11-21)18-27(33(3,29)30)22-12-14-23(31-2)15-13-22/h4-15H,16-18H2,1-3H3,(H,26,28). The van der Waals surface area contributed by atoms with Crippen molar-refractivity contribution in [2.24, 2.45) is 0 Å². The molecule has 8 heteroatoms. The van der Waals surface area contributed by atoms with Crippen LogP contribution in [0.2, 0.25) is 0 Å². The van der Waals surface area contributed by atoms with E-state index >= 15 is 0 Å². The third-order valence-corrected chi connectivity index (χ3v) is 6.18. The van der Waals surface area contributed by atoms with Gasteiger partial charge in [0.1, 0.15) is 18.1 Å². The summed E-state index contributed by atoms with van der Waals surface area (Å²) in [6.07, 6.45) is 1.16.